The molecule has 1 heterocycles. The molecule has 0 spiro atoms. The van der Waals surface area contributed by atoms with Gasteiger partial charge in [0.2, 0.25) is 0 Å². The molecule has 0 aliphatic carbocycles. The van der Waals surface area contributed by atoms with Gasteiger partial charge in [0.15, 0.2) is 0 Å². The van der Waals surface area contributed by atoms with E-state index in [1.807, 2.05) is 0 Å². The third kappa shape index (κ3) is 2.48. The standard InChI is InChI=1S/C11H11Br4NSi/c1-17(2,3)10-7-6(16-11(10)15)4-5(12)8(13)9(7)14/h4,16H,1-3H3. The molecule has 6 heteroatoms. The number of rotatable bonds is 1. The zero-order chi connectivity index (χ0) is 13.0. The van der Waals surface area contributed by atoms with Crippen LogP contribution in [0, 0.1) is 0 Å². The summed E-state index contributed by atoms with van der Waals surface area (Å²) in [5.74, 6) is 0. The zero-order valence-electron chi connectivity index (χ0n) is 9.59. The van der Waals surface area contributed by atoms with Crippen molar-refractivity contribution >= 4 is 87.9 Å². The normalized spacial score (nSPS) is 12.4. The van der Waals surface area contributed by atoms with E-state index in [1.165, 1.54) is 10.6 Å². The number of H-pyrrole nitrogens is 1. The Morgan fingerprint density at radius 1 is 1.00 bits per heavy atom. The number of hydrogen-bond donors (Lipinski definition) is 1. The van der Waals surface area contributed by atoms with Crippen molar-refractivity contribution in [1.82, 2.24) is 4.98 Å². The molecule has 0 saturated heterocycles. The Hall–Kier alpha value is 0.897. The average molecular weight is 505 g/mol. The molecule has 2 aromatic rings. The molecule has 92 valence electrons. The fourth-order valence-corrected chi connectivity index (χ4v) is 7.67. The molecule has 0 aliphatic rings. The number of halogens is 4. The van der Waals surface area contributed by atoms with Crippen molar-refractivity contribution < 1.29 is 0 Å². The van der Waals surface area contributed by atoms with Crippen molar-refractivity contribution in [2.75, 3.05) is 0 Å². The van der Waals surface area contributed by atoms with E-state index in [-0.39, 0.29) is 0 Å². The summed E-state index contributed by atoms with van der Waals surface area (Å²) in [6, 6.07) is 2.11. The first kappa shape index (κ1) is 14.3. The van der Waals surface area contributed by atoms with Crippen LogP contribution >= 0.6 is 63.7 Å². The third-order valence-corrected chi connectivity index (χ3v) is 8.89. The lowest BCUT2D eigenvalue weighted by molar-refractivity contribution is 1.41. The van der Waals surface area contributed by atoms with Gasteiger partial charge in [-0.3, -0.25) is 0 Å². The van der Waals surface area contributed by atoms with Crippen LogP contribution in [0.15, 0.2) is 24.1 Å². The van der Waals surface area contributed by atoms with E-state index >= 15 is 0 Å². The molecule has 1 nitrogen and oxygen atoms in total. The van der Waals surface area contributed by atoms with E-state index in [4.69, 9.17) is 0 Å². The van der Waals surface area contributed by atoms with Crippen molar-refractivity contribution in [3.05, 3.63) is 24.1 Å². The highest BCUT2D eigenvalue weighted by Crippen LogP contribution is 2.38. The second kappa shape index (κ2) is 4.78. The molecule has 1 aromatic heterocycles. The van der Waals surface area contributed by atoms with Crippen LogP contribution in [0.25, 0.3) is 10.9 Å². The highest BCUT2D eigenvalue weighted by Gasteiger charge is 2.26. The van der Waals surface area contributed by atoms with E-state index < -0.39 is 8.07 Å². The summed E-state index contributed by atoms with van der Waals surface area (Å²) in [5.41, 5.74) is 1.15. The smallest absolute Gasteiger partial charge is 0.0823 e. The van der Waals surface area contributed by atoms with Gasteiger partial charge in [-0.15, -0.1) is 0 Å². The number of benzene rings is 1. The monoisotopic (exact) mass is 501 g/mol. The van der Waals surface area contributed by atoms with E-state index in [0.717, 1.165) is 23.5 Å². The highest BCUT2D eigenvalue weighted by atomic mass is 79.9. The summed E-state index contributed by atoms with van der Waals surface area (Å²) >= 11 is 14.5. The maximum atomic E-state index is 3.69. The van der Waals surface area contributed by atoms with Crippen LogP contribution in [0.5, 0.6) is 0 Å². The van der Waals surface area contributed by atoms with Crippen LogP contribution in [-0.4, -0.2) is 13.1 Å². The van der Waals surface area contributed by atoms with Gasteiger partial charge in [-0.1, -0.05) is 19.6 Å². The Balaban J connectivity index is 2.96. The molecular formula is C11H11Br4NSi. The molecule has 2 rings (SSSR count). The minimum absolute atomic E-state index is 1.05. The summed E-state index contributed by atoms with van der Waals surface area (Å²) in [5, 5.41) is 2.71. The third-order valence-electron chi connectivity index (χ3n) is 2.63. The number of aromatic nitrogens is 1. The van der Waals surface area contributed by atoms with Crippen molar-refractivity contribution in [2.45, 2.75) is 19.6 Å². The first-order valence-electron chi connectivity index (χ1n) is 5.08. The maximum absolute atomic E-state index is 3.69. The Bertz CT molecular complexity index is 598. The fourth-order valence-electron chi connectivity index (χ4n) is 1.93. The Morgan fingerprint density at radius 2 is 1.59 bits per heavy atom. The molecular weight excluding hydrogens is 494 g/mol. The van der Waals surface area contributed by atoms with Crippen LogP contribution in [0.3, 0.4) is 0 Å². The van der Waals surface area contributed by atoms with Crippen molar-refractivity contribution in [3.8, 4) is 0 Å². The Labute approximate surface area is 135 Å². The summed E-state index contributed by atoms with van der Waals surface area (Å²) in [7, 11) is -1.41. The minimum atomic E-state index is -1.41. The molecule has 0 atom stereocenters. The number of nitrogens with one attached hydrogen (secondary N) is 1. The molecule has 0 saturated carbocycles. The molecule has 1 aromatic carbocycles. The number of aromatic amines is 1. The van der Waals surface area contributed by atoms with E-state index in [0.29, 0.717) is 0 Å². The molecule has 0 fully saturated rings. The quantitative estimate of drug-likeness (QED) is 0.375. The lowest BCUT2D eigenvalue weighted by Gasteiger charge is -2.17. The SMILES string of the molecule is C[Si](C)(C)c1c(Br)[nH]c2cc(Br)c(Br)c(Br)c12. The van der Waals surface area contributed by atoms with Crippen LogP contribution in [0.2, 0.25) is 19.6 Å². The van der Waals surface area contributed by atoms with E-state index in [9.17, 15) is 0 Å². The lowest BCUT2D eigenvalue weighted by Crippen LogP contribution is -2.38. The predicted octanol–water partition coefficient (Wildman–Crippen LogP) is 5.76. The predicted molar refractivity (Wildman–Crippen MR) is 92.1 cm³/mol. The van der Waals surface area contributed by atoms with Crippen molar-refractivity contribution in [3.63, 3.8) is 0 Å². The van der Waals surface area contributed by atoms with Gasteiger partial charge in [-0.2, -0.15) is 0 Å². The summed E-state index contributed by atoms with van der Waals surface area (Å²) in [6.45, 7) is 7.05. The van der Waals surface area contributed by atoms with Crippen molar-refractivity contribution in [2.24, 2.45) is 0 Å². The number of hydrogen-bond acceptors (Lipinski definition) is 0. The molecule has 17 heavy (non-hydrogen) atoms. The van der Waals surface area contributed by atoms with Crippen LogP contribution < -0.4 is 5.19 Å². The van der Waals surface area contributed by atoms with Gasteiger partial charge in [-0.05, 0) is 75.0 Å². The average Bonchev–Trinajstić information content (AvgIpc) is 2.50. The molecule has 0 radical (unpaired) electrons. The topological polar surface area (TPSA) is 15.8 Å². The summed E-state index contributed by atoms with van der Waals surface area (Å²) in [6.07, 6.45) is 0. The Kier molecular flexibility index (Phi) is 4.02. The zero-order valence-corrected chi connectivity index (χ0v) is 16.9. The van der Waals surface area contributed by atoms with Crippen LogP contribution in [0.4, 0.5) is 0 Å². The van der Waals surface area contributed by atoms with Gasteiger partial charge >= 0.3 is 0 Å². The van der Waals surface area contributed by atoms with Gasteiger partial charge in [0, 0.05) is 24.3 Å². The first-order chi connectivity index (χ1) is 7.73. The van der Waals surface area contributed by atoms with Gasteiger partial charge < -0.3 is 4.98 Å². The molecule has 0 bridgehead atoms. The van der Waals surface area contributed by atoms with Crippen molar-refractivity contribution in [1.29, 1.82) is 0 Å². The van der Waals surface area contributed by atoms with E-state index in [1.54, 1.807) is 0 Å². The maximum Gasteiger partial charge on any atom is 0.0823 e. The fraction of sp³-hybridized carbons (Fsp3) is 0.273. The molecule has 0 amide bonds. The molecule has 1 N–H and O–H groups in total. The lowest BCUT2D eigenvalue weighted by atomic mass is 10.2. The second-order valence-corrected chi connectivity index (χ2v) is 13.2. The first-order valence-corrected chi connectivity index (χ1v) is 11.8. The van der Waals surface area contributed by atoms with Gasteiger partial charge in [0.25, 0.3) is 0 Å². The van der Waals surface area contributed by atoms with E-state index in [2.05, 4.69) is 94.4 Å². The molecule has 0 aliphatic heterocycles. The van der Waals surface area contributed by atoms with Gasteiger partial charge in [-0.25, -0.2) is 0 Å². The molecule has 0 unspecified atom stereocenters. The number of fused-ring (bicyclic) bond motifs is 1. The van der Waals surface area contributed by atoms with Gasteiger partial charge in [0.05, 0.1) is 12.7 Å². The summed E-state index contributed by atoms with van der Waals surface area (Å²) in [4.78, 5) is 3.41. The largest absolute Gasteiger partial charge is 0.349 e. The van der Waals surface area contributed by atoms with Gasteiger partial charge in [0.1, 0.15) is 0 Å². The summed E-state index contributed by atoms with van der Waals surface area (Å²) < 4.78 is 4.34. The minimum Gasteiger partial charge on any atom is -0.349 e. The van der Waals surface area contributed by atoms with Crippen LogP contribution in [0.1, 0.15) is 0 Å². The second-order valence-electron chi connectivity index (χ2n) is 4.97. The Morgan fingerprint density at radius 3 is 2.12 bits per heavy atom. The van der Waals surface area contributed by atoms with Crippen LogP contribution in [-0.2, 0) is 0 Å². The highest BCUT2D eigenvalue weighted by molar-refractivity contribution is 9.14.